The molecule has 1 aliphatic heterocycles. The maximum atomic E-state index is 9.34. The summed E-state index contributed by atoms with van der Waals surface area (Å²) in [4.78, 5) is 9.02. The summed E-state index contributed by atoms with van der Waals surface area (Å²) in [6, 6.07) is 69.6. The van der Waals surface area contributed by atoms with Crippen molar-refractivity contribution < 1.29 is 29.9 Å². The Labute approximate surface area is 393 Å². The molecule has 8 aromatic carbocycles. The SMILES string of the molecule is [2H]c1nc(-n2c3[c-]c(Oc4[c-]c(N5[CH-]N(c6c(-c7ccccc7)cccc6-c6ccccc6)c6cc(-c7ccccc7)ccc65)ccc4)ccc3c3ccccc32)c([2H])c(C(C)(C)C)c1[2H].[Pt]. The molecule has 5 nitrogen and oxygen atoms in total. The van der Waals surface area contributed by atoms with Crippen molar-refractivity contribution in [2.45, 2.75) is 26.2 Å². The zero-order valence-corrected chi connectivity index (χ0v) is 37.7. The molecule has 1 aliphatic rings. The van der Waals surface area contributed by atoms with E-state index in [1.54, 1.807) is 0 Å². The van der Waals surface area contributed by atoms with Crippen molar-refractivity contribution in [3.63, 3.8) is 0 Å². The van der Waals surface area contributed by atoms with Gasteiger partial charge >= 0.3 is 0 Å². The first-order chi connectivity index (χ1) is 32.1. The average Bonchev–Trinajstić information content (AvgIpc) is 3.88. The number of aromatic nitrogens is 2. The minimum atomic E-state index is -0.552. The standard InChI is InChI=1S/C58H43N4O.Pt/c1-58(2,3)44-33-34-59-56(36-44)62-52-28-14-13-25-50(52)51-31-30-47(38-54(51)62)63-46-24-15-23-45(37-46)60-39-61(55-35-43(29-32-53(55)60)40-17-7-4-8-18-40)57-48(41-19-9-5-10-20-41)26-16-27-49(57)42-21-11-6-12-22-42;/h4-36,39H,1-3H3;/q-3;/i33D,34D,36D;. The van der Waals surface area contributed by atoms with Crippen LogP contribution in [-0.2, 0) is 26.5 Å². The van der Waals surface area contributed by atoms with E-state index in [0.29, 0.717) is 22.6 Å². The van der Waals surface area contributed by atoms with E-state index in [1.807, 2.05) is 86.0 Å². The molecule has 6 heteroatoms. The van der Waals surface area contributed by atoms with Crippen molar-refractivity contribution in [1.82, 2.24) is 9.55 Å². The number of pyridine rings is 1. The molecule has 0 spiro atoms. The van der Waals surface area contributed by atoms with Crippen LogP contribution in [0.1, 0.15) is 30.4 Å². The number of benzene rings is 8. The van der Waals surface area contributed by atoms with Crippen LogP contribution in [0.15, 0.2) is 200 Å². The molecule has 10 aromatic rings. The van der Waals surface area contributed by atoms with Crippen molar-refractivity contribution in [3.8, 4) is 50.7 Å². The Morgan fingerprint density at radius 1 is 0.578 bits per heavy atom. The summed E-state index contributed by atoms with van der Waals surface area (Å²) in [5.74, 6) is 1.23. The molecule has 0 aliphatic carbocycles. The molecule has 0 atom stereocenters. The summed E-state index contributed by atoms with van der Waals surface area (Å²) in [6.45, 7) is 8.03. The molecular weight excluding hydrogens is 964 g/mol. The number of para-hydroxylation sites is 2. The first-order valence-electron chi connectivity index (χ1n) is 22.6. The van der Waals surface area contributed by atoms with Gasteiger partial charge in [0, 0.05) is 72.4 Å². The van der Waals surface area contributed by atoms with Crippen molar-refractivity contribution >= 4 is 44.6 Å². The quantitative estimate of drug-likeness (QED) is 0.142. The molecular formula is C58H43N4OPt-3. The molecule has 0 bridgehead atoms. The van der Waals surface area contributed by atoms with Crippen LogP contribution in [0.4, 0.5) is 22.7 Å². The van der Waals surface area contributed by atoms with Gasteiger partial charge in [0.15, 0.2) is 0 Å². The average molecular weight is 1010 g/mol. The topological polar surface area (TPSA) is 33.5 Å². The van der Waals surface area contributed by atoms with Gasteiger partial charge < -0.3 is 19.1 Å². The molecule has 0 fully saturated rings. The molecule has 2 aromatic heterocycles. The number of anilines is 4. The van der Waals surface area contributed by atoms with Gasteiger partial charge in [0.25, 0.3) is 0 Å². The molecule has 0 N–H and O–H groups in total. The minimum absolute atomic E-state index is 0. The van der Waals surface area contributed by atoms with Gasteiger partial charge in [0.1, 0.15) is 5.82 Å². The largest absolute Gasteiger partial charge is 0.509 e. The fourth-order valence-electron chi connectivity index (χ4n) is 8.54. The number of hydrogen-bond donors (Lipinski definition) is 0. The van der Waals surface area contributed by atoms with Crippen LogP contribution in [0.25, 0.3) is 61.0 Å². The smallest absolute Gasteiger partial charge is 0.135 e. The number of rotatable bonds is 8. The Morgan fingerprint density at radius 2 is 1.22 bits per heavy atom. The number of fused-ring (bicyclic) bond motifs is 4. The van der Waals surface area contributed by atoms with E-state index in [2.05, 4.69) is 155 Å². The Morgan fingerprint density at radius 3 is 1.92 bits per heavy atom. The van der Waals surface area contributed by atoms with Crippen molar-refractivity contribution in [2.75, 3.05) is 9.80 Å². The van der Waals surface area contributed by atoms with Crippen molar-refractivity contribution in [1.29, 1.82) is 0 Å². The predicted octanol–water partition coefficient (Wildman–Crippen LogP) is 15.3. The third kappa shape index (κ3) is 7.46. The molecule has 64 heavy (non-hydrogen) atoms. The molecule has 0 unspecified atom stereocenters. The fourth-order valence-corrected chi connectivity index (χ4v) is 8.54. The second-order valence-electron chi connectivity index (χ2n) is 16.7. The van der Waals surface area contributed by atoms with Crippen LogP contribution < -0.4 is 14.5 Å². The van der Waals surface area contributed by atoms with E-state index < -0.39 is 5.41 Å². The predicted molar refractivity (Wildman–Crippen MR) is 259 cm³/mol. The Balaban J connectivity index is 0.00000525. The number of ether oxygens (including phenoxy) is 1. The van der Waals surface area contributed by atoms with E-state index >= 15 is 0 Å². The van der Waals surface area contributed by atoms with Gasteiger partial charge in [-0.25, -0.2) is 4.98 Å². The van der Waals surface area contributed by atoms with E-state index in [1.165, 1.54) is 0 Å². The van der Waals surface area contributed by atoms with Gasteiger partial charge in [-0.2, -0.15) is 12.1 Å². The van der Waals surface area contributed by atoms with Gasteiger partial charge in [0.2, 0.25) is 0 Å². The monoisotopic (exact) mass is 1010 g/mol. The van der Waals surface area contributed by atoms with Gasteiger partial charge in [-0.05, 0) is 68.9 Å². The van der Waals surface area contributed by atoms with Crippen LogP contribution in [0.3, 0.4) is 0 Å². The van der Waals surface area contributed by atoms with Crippen LogP contribution in [0.2, 0.25) is 0 Å². The molecule has 3 heterocycles. The Hall–Kier alpha value is -7.20. The van der Waals surface area contributed by atoms with Gasteiger partial charge in [-0.15, -0.1) is 48.1 Å². The van der Waals surface area contributed by atoms with E-state index in [9.17, 15) is 1.37 Å². The third-order valence-corrected chi connectivity index (χ3v) is 11.6. The van der Waals surface area contributed by atoms with E-state index in [-0.39, 0.29) is 45.1 Å². The summed E-state index contributed by atoms with van der Waals surface area (Å²) in [7, 11) is 0. The van der Waals surface area contributed by atoms with Crippen molar-refractivity contribution in [2.24, 2.45) is 0 Å². The molecule has 0 saturated carbocycles. The Kier molecular flexibility index (Phi) is 9.82. The zero-order chi connectivity index (χ0) is 45.1. The van der Waals surface area contributed by atoms with Crippen LogP contribution in [0.5, 0.6) is 11.5 Å². The summed E-state index contributed by atoms with van der Waals surface area (Å²) in [5, 5.41) is 1.86. The van der Waals surface area contributed by atoms with Gasteiger partial charge in [0.05, 0.1) is 4.11 Å². The first kappa shape index (κ1) is 37.4. The maximum Gasteiger partial charge on any atom is 0.135 e. The molecule has 0 saturated heterocycles. The summed E-state index contributed by atoms with van der Waals surface area (Å²) in [5.41, 5.74) is 11.9. The first-order valence-corrected chi connectivity index (χ1v) is 21.1. The fraction of sp³-hybridized carbons (Fsp3) is 0.0690. The molecule has 0 radical (unpaired) electrons. The van der Waals surface area contributed by atoms with E-state index in [0.717, 1.165) is 72.4 Å². The van der Waals surface area contributed by atoms with Crippen LogP contribution in [0, 0.1) is 18.8 Å². The number of hydrogen-bond acceptors (Lipinski definition) is 4. The second kappa shape index (κ2) is 16.8. The Bertz CT molecular complexity index is 3410. The minimum Gasteiger partial charge on any atom is -0.509 e. The van der Waals surface area contributed by atoms with Crippen LogP contribution in [-0.4, -0.2) is 9.55 Å². The molecule has 11 rings (SSSR count). The van der Waals surface area contributed by atoms with E-state index in [4.69, 9.17) is 7.48 Å². The summed E-state index contributed by atoms with van der Waals surface area (Å²) in [6.07, 6.45) is -0.175. The van der Waals surface area contributed by atoms with Gasteiger partial charge in [-0.3, -0.25) is 0 Å². The maximum absolute atomic E-state index is 9.34. The van der Waals surface area contributed by atoms with Crippen molar-refractivity contribution in [3.05, 3.63) is 225 Å². The zero-order valence-electron chi connectivity index (χ0n) is 38.4. The summed E-state index contributed by atoms with van der Waals surface area (Å²) < 4.78 is 35.2. The molecule has 0 amide bonds. The molecule has 314 valence electrons. The summed E-state index contributed by atoms with van der Waals surface area (Å²) >= 11 is 0. The normalized spacial score (nSPS) is 13.0. The third-order valence-electron chi connectivity index (χ3n) is 11.6. The number of nitrogens with zero attached hydrogens (tertiary/aromatic N) is 4. The van der Waals surface area contributed by atoms with Crippen LogP contribution >= 0.6 is 0 Å². The second-order valence-corrected chi connectivity index (χ2v) is 16.7. The van der Waals surface area contributed by atoms with Gasteiger partial charge in [-0.1, -0.05) is 160 Å².